The van der Waals surface area contributed by atoms with E-state index in [-0.39, 0.29) is 11.6 Å². The second kappa shape index (κ2) is 6.06. The number of rotatable bonds is 4. The summed E-state index contributed by atoms with van der Waals surface area (Å²) >= 11 is 0. The first-order valence-electron chi connectivity index (χ1n) is 6.37. The molecule has 1 amide bonds. The number of halogens is 1. The normalized spacial score (nSPS) is 11.5. The van der Waals surface area contributed by atoms with Crippen LogP contribution in [-0.2, 0) is 0 Å². The van der Waals surface area contributed by atoms with Crippen LogP contribution in [0.3, 0.4) is 0 Å². The Morgan fingerprint density at radius 1 is 1.33 bits per heavy atom. The van der Waals surface area contributed by atoms with Crippen molar-refractivity contribution in [3.05, 3.63) is 65.0 Å². The molecule has 0 saturated heterocycles. The summed E-state index contributed by atoms with van der Waals surface area (Å²) in [7, 11) is 0. The Morgan fingerprint density at radius 3 is 2.76 bits per heavy atom. The number of nitrogens with one attached hydrogen (secondary N) is 1. The van der Waals surface area contributed by atoms with Crippen molar-refractivity contribution in [1.82, 2.24) is 0 Å². The van der Waals surface area contributed by atoms with Crippen molar-refractivity contribution >= 4 is 11.6 Å². The minimum atomic E-state index is -0.810. The van der Waals surface area contributed by atoms with E-state index in [4.69, 9.17) is 11.0 Å². The summed E-state index contributed by atoms with van der Waals surface area (Å²) in [5.74, 6) is -1.46. The van der Waals surface area contributed by atoms with Gasteiger partial charge in [-0.05, 0) is 42.8 Å². The molecule has 0 fully saturated rings. The Bertz CT molecular complexity index is 722. The molecule has 0 heterocycles. The molecule has 2 aromatic rings. The molecule has 5 heteroatoms. The molecule has 0 aliphatic rings. The maximum Gasteiger partial charge on any atom is 0.251 e. The van der Waals surface area contributed by atoms with Gasteiger partial charge in [0.05, 0.1) is 17.2 Å². The number of hydrogen-bond acceptors (Lipinski definition) is 3. The number of primary amides is 1. The van der Waals surface area contributed by atoms with Gasteiger partial charge in [0.15, 0.2) is 0 Å². The molecule has 0 radical (unpaired) electrons. The molecule has 21 heavy (non-hydrogen) atoms. The third-order valence-electron chi connectivity index (χ3n) is 3.13. The zero-order chi connectivity index (χ0) is 15.4. The molecule has 0 bridgehead atoms. The molecular weight excluding hydrogens is 269 g/mol. The molecule has 1 atom stereocenters. The minimum Gasteiger partial charge on any atom is -0.378 e. The maximum absolute atomic E-state index is 13.4. The number of amides is 1. The molecular formula is C16H14FN3O. The summed E-state index contributed by atoms with van der Waals surface area (Å²) in [5.41, 5.74) is 7.03. The van der Waals surface area contributed by atoms with E-state index in [1.807, 2.05) is 13.0 Å². The fourth-order valence-electron chi connectivity index (χ4n) is 2.01. The van der Waals surface area contributed by atoms with Crippen molar-refractivity contribution in [2.24, 2.45) is 5.73 Å². The monoisotopic (exact) mass is 283 g/mol. The summed E-state index contributed by atoms with van der Waals surface area (Å²) in [6, 6.07) is 13.3. The highest BCUT2D eigenvalue weighted by molar-refractivity contribution is 5.94. The van der Waals surface area contributed by atoms with Crippen LogP contribution in [0.5, 0.6) is 0 Å². The molecule has 0 saturated carbocycles. The lowest BCUT2D eigenvalue weighted by atomic mass is 10.0. The Labute approximate surface area is 122 Å². The highest BCUT2D eigenvalue weighted by Crippen LogP contribution is 2.22. The average Bonchev–Trinajstić information content (AvgIpc) is 2.49. The first kappa shape index (κ1) is 14.5. The van der Waals surface area contributed by atoms with Crippen molar-refractivity contribution in [2.45, 2.75) is 13.0 Å². The Morgan fingerprint density at radius 2 is 2.10 bits per heavy atom. The van der Waals surface area contributed by atoms with Crippen LogP contribution < -0.4 is 11.1 Å². The first-order valence-corrected chi connectivity index (χ1v) is 6.37. The van der Waals surface area contributed by atoms with Crippen LogP contribution in [0.1, 0.15) is 34.5 Å². The van der Waals surface area contributed by atoms with E-state index in [0.29, 0.717) is 11.3 Å². The summed E-state index contributed by atoms with van der Waals surface area (Å²) in [6.07, 6.45) is 0. The van der Waals surface area contributed by atoms with Gasteiger partial charge in [-0.1, -0.05) is 12.1 Å². The lowest BCUT2D eigenvalue weighted by molar-refractivity contribution is 0.0996. The van der Waals surface area contributed by atoms with Crippen molar-refractivity contribution in [1.29, 1.82) is 5.26 Å². The van der Waals surface area contributed by atoms with Crippen LogP contribution >= 0.6 is 0 Å². The minimum absolute atomic E-state index is 0.107. The zero-order valence-electron chi connectivity index (χ0n) is 11.4. The van der Waals surface area contributed by atoms with Gasteiger partial charge in [-0.25, -0.2) is 4.39 Å². The maximum atomic E-state index is 13.4. The van der Waals surface area contributed by atoms with E-state index >= 15 is 0 Å². The van der Waals surface area contributed by atoms with Crippen LogP contribution in [-0.4, -0.2) is 5.91 Å². The van der Waals surface area contributed by atoms with Crippen LogP contribution in [0.2, 0.25) is 0 Å². The third kappa shape index (κ3) is 3.37. The Balaban J connectivity index is 2.23. The fraction of sp³-hybridized carbons (Fsp3) is 0.125. The van der Waals surface area contributed by atoms with E-state index in [9.17, 15) is 9.18 Å². The van der Waals surface area contributed by atoms with E-state index in [1.165, 1.54) is 18.2 Å². The molecule has 0 aliphatic carbocycles. The molecule has 1 unspecified atom stereocenters. The number of anilines is 1. The fourth-order valence-corrected chi connectivity index (χ4v) is 2.01. The molecule has 4 nitrogen and oxygen atoms in total. The van der Waals surface area contributed by atoms with Crippen molar-refractivity contribution < 1.29 is 9.18 Å². The summed E-state index contributed by atoms with van der Waals surface area (Å²) in [4.78, 5) is 11.1. The number of hydrogen-bond donors (Lipinski definition) is 2. The number of carbonyl (C=O) groups is 1. The van der Waals surface area contributed by atoms with Crippen LogP contribution in [0, 0.1) is 17.1 Å². The van der Waals surface area contributed by atoms with Gasteiger partial charge in [-0.15, -0.1) is 0 Å². The van der Waals surface area contributed by atoms with E-state index in [1.54, 1.807) is 18.2 Å². The Hall–Kier alpha value is -2.87. The van der Waals surface area contributed by atoms with Gasteiger partial charge in [0.25, 0.3) is 5.91 Å². The highest BCUT2D eigenvalue weighted by atomic mass is 19.1. The molecule has 0 aromatic heterocycles. The number of nitriles is 1. The van der Waals surface area contributed by atoms with Gasteiger partial charge in [0, 0.05) is 11.7 Å². The summed E-state index contributed by atoms with van der Waals surface area (Å²) < 4.78 is 13.4. The van der Waals surface area contributed by atoms with Gasteiger partial charge in [0.1, 0.15) is 5.82 Å². The quantitative estimate of drug-likeness (QED) is 0.905. The predicted octanol–water partition coefficient (Wildman–Crippen LogP) is 2.97. The van der Waals surface area contributed by atoms with Gasteiger partial charge in [-0.3, -0.25) is 4.79 Å². The Kier molecular flexibility index (Phi) is 4.19. The first-order chi connectivity index (χ1) is 10.0. The highest BCUT2D eigenvalue weighted by Gasteiger charge is 2.11. The number of benzene rings is 2. The predicted molar refractivity (Wildman–Crippen MR) is 78.1 cm³/mol. The summed E-state index contributed by atoms with van der Waals surface area (Å²) in [6.45, 7) is 1.91. The van der Waals surface area contributed by atoms with Gasteiger partial charge in [-0.2, -0.15) is 5.26 Å². The van der Waals surface area contributed by atoms with Crippen molar-refractivity contribution in [3.8, 4) is 6.07 Å². The smallest absolute Gasteiger partial charge is 0.251 e. The average molecular weight is 283 g/mol. The molecule has 2 aromatic carbocycles. The second-order valence-electron chi connectivity index (χ2n) is 4.66. The molecule has 0 spiro atoms. The van der Waals surface area contributed by atoms with Crippen molar-refractivity contribution in [3.63, 3.8) is 0 Å². The van der Waals surface area contributed by atoms with E-state index < -0.39 is 11.7 Å². The third-order valence-corrected chi connectivity index (χ3v) is 3.13. The van der Waals surface area contributed by atoms with Gasteiger partial charge >= 0.3 is 0 Å². The molecule has 3 N–H and O–H groups in total. The van der Waals surface area contributed by atoms with Crippen molar-refractivity contribution in [2.75, 3.05) is 5.32 Å². The number of nitrogens with two attached hydrogens (primary N) is 1. The largest absolute Gasteiger partial charge is 0.378 e. The SMILES string of the molecule is CC(Nc1ccc(F)c(C(N)=O)c1)c1cccc(C#N)c1. The number of nitrogens with zero attached hydrogens (tertiary/aromatic N) is 1. The zero-order valence-corrected chi connectivity index (χ0v) is 11.4. The van der Waals surface area contributed by atoms with E-state index in [0.717, 1.165) is 5.56 Å². The van der Waals surface area contributed by atoms with E-state index in [2.05, 4.69) is 11.4 Å². The molecule has 0 aliphatic heterocycles. The van der Waals surface area contributed by atoms with Gasteiger partial charge < -0.3 is 11.1 Å². The standard InChI is InChI=1S/C16H14FN3O/c1-10(12-4-2-3-11(7-12)9-18)20-13-5-6-15(17)14(8-13)16(19)21/h2-8,10,20H,1H3,(H2,19,21). The topological polar surface area (TPSA) is 78.9 Å². The van der Waals surface area contributed by atoms with Crippen LogP contribution in [0.4, 0.5) is 10.1 Å². The molecule has 106 valence electrons. The number of carbonyl (C=O) groups excluding carboxylic acids is 1. The lowest BCUT2D eigenvalue weighted by Crippen LogP contribution is -2.14. The molecule has 2 rings (SSSR count). The van der Waals surface area contributed by atoms with Crippen LogP contribution in [0.25, 0.3) is 0 Å². The summed E-state index contributed by atoms with van der Waals surface area (Å²) in [5, 5.41) is 12.0. The van der Waals surface area contributed by atoms with Crippen LogP contribution in [0.15, 0.2) is 42.5 Å². The second-order valence-corrected chi connectivity index (χ2v) is 4.66. The van der Waals surface area contributed by atoms with Gasteiger partial charge in [0.2, 0.25) is 0 Å². The lowest BCUT2D eigenvalue weighted by Gasteiger charge is -2.16.